The average molecular weight is 557 g/mol. The second-order valence-corrected chi connectivity index (χ2v) is 12.9. The summed E-state index contributed by atoms with van der Waals surface area (Å²) in [7, 11) is 1.97. The van der Waals surface area contributed by atoms with Gasteiger partial charge in [0.2, 0.25) is 0 Å². The third kappa shape index (κ3) is 5.06. The molecule has 2 aromatic heterocycles. The first-order valence-electron chi connectivity index (χ1n) is 13.8. The van der Waals surface area contributed by atoms with Crippen molar-refractivity contribution in [2.24, 2.45) is 18.9 Å². The Morgan fingerprint density at radius 2 is 1.90 bits per heavy atom. The molecule has 6 nitrogen and oxygen atoms in total. The minimum Gasteiger partial charge on any atom is -0.320 e. The van der Waals surface area contributed by atoms with Gasteiger partial charge in [0.1, 0.15) is 12.2 Å². The fraction of sp³-hybridized carbons (Fsp3) is 0.552. The number of rotatable bonds is 5. The molecule has 1 atom stereocenters. The summed E-state index contributed by atoms with van der Waals surface area (Å²) in [6.45, 7) is 7.37. The van der Waals surface area contributed by atoms with Gasteiger partial charge in [-0.3, -0.25) is 9.88 Å². The Morgan fingerprint density at radius 1 is 1.08 bits per heavy atom. The van der Waals surface area contributed by atoms with Crippen molar-refractivity contribution >= 4 is 17.6 Å². The number of hydrogen-bond donors (Lipinski definition) is 0. The van der Waals surface area contributed by atoms with E-state index < -0.39 is 11.7 Å². The van der Waals surface area contributed by atoms with Gasteiger partial charge < -0.3 is 8.87 Å². The lowest BCUT2D eigenvalue weighted by molar-refractivity contribution is -0.138. The molecule has 4 heterocycles. The van der Waals surface area contributed by atoms with Gasteiger partial charge in [-0.15, -0.1) is 10.2 Å². The standard InChI is InChI=1S/C29H35F3N6S/c1-19-5-4-7-37(16-19)17-21-9-25(29(30,31)32)24-6-8-38(39-26(24)10-21)23-11-22(14-33-15-23)28(12-20(2)13-28)27-35-34-18-36(27)3/h9-11,14-15,18-20H,4-8,12-13,16-17H2,1-3H3/t19-,20?,28?/m0/s1. The Kier molecular flexibility index (Phi) is 6.90. The normalized spacial score (nSPS) is 25.8. The number of pyridine rings is 1. The number of piperidine rings is 1. The topological polar surface area (TPSA) is 50.1 Å². The quantitative estimate of drug-likeness (QED) is 0.347. The first-order chi connectivity index (χ1) is 18.6. The van der Waals surface area contributed by atoms with E-state index in [2.05, 4.69) is 44.3 Å². The number of aromatic nitrogens is 4. The van der Waals surface area contributed by atoms with Crippen LogP contribution in [0.1, 0.15) is 67.6 Å². The Hall–Kier alpha value is -2.59. The third-order valence-corrected chi connectivity index (χ3v) is 9.77. The molecule has 0 amide bonds. The fourth-order valence-corrected chi connectivity index (χ4v) is 8.01. The van der Waals surface area contributed by atoms with E-state index in [1.165, 1.54) is 24.4 Å². The molecule has 39 heavy (non-hydrogen) atoms. The van der Waals surface area contributed by atoms with Crippen molar-refractivity contribution in [1.29, 1.82) is 0 Å². The van der Waals surface area contributed by atoms with Gasteiger partial charge in [0.25, 0.3) is 0 Å². The summed E-state index contributed by atoms with van der Waals surface area (Å²) < 4.78 is 46.6. The smallest absolute Gasteiger partial charge is 0.320 e. The summed E-state index contributed by atoms with van der Waals surface area (Å²) >= 11 is 1.40. The molecule has 1 aromatic carbocycles. The number of nitrogens with zero attached hydrogens (tertiary/aromatic N) is 6. The summed E-state index contributed by atoms with van der Waals surface area (Å²) in [5, 5.41) is 8.57. The summed E-state index contributed by atoms with van der Waals surface area (Å²) in [5.74, 6) is 2.08. The monoisotopic (exact) mass is 556 g/mol. The zero-order valence-corrected chi connectivity index (χ0v) is 23.5. The molecule has 0 N–H and O–H groups in total. The van der Waals surface area contributed by atoms with Crippen molar-refractivity contribution in [1.82, 2.24) is 24.6 Å². The number of benzene rings is 1. The van der Waals surface area contributed by atoms with Gasteiger partial charge in [0.15, 0.2) is 0 Å². The Bertz CT molecular complexity index is 1350. The van der Waals surface area contributed by atoms with Gasteiger partial charge in [0, 0.05) is 37.8 Å². The molecule has 0 radical (unpaired) electrons. The number of likely N-dealkylation sites (tertiary alicyclic amines) is 1. The SMILES string of the molecule is CC1CC(c2cncc(N3CCc4c(cc(CN5CCC[C@H](C)C5)cc4C(F)(F)F)S3)c2)(c2nncn2C)C1. The van der Waals surface area contributed by atoms with Crippen LogP contribution < -0.4 is 4.31 Å². The van der Waals surface area contributed by atoms with Crippen molar-refractivity contribution in [3.05, 3.63) is 65.0 Å². The van der Waals surface area contributed by atoms with Crippen LogP contribution >= 0.6 is 11.9 Å². The van der Waals surface area contributed by atoms with Crippen molar-refractivity contribution < 1.29 is 13.2 Å². The summed E-state index contributed by atoms with van der Waals surface area (Å²) in [4.78, 5) is 7.58. The third-order valence-electron chi connectivity index (χ3n) is 8.59. The van der Waals surface area contributed by atoms with Crippen LogP contribution in [0.3, 0.4) is 0 Å². The van der Waals surface area contributed by atoms with Gasteiger partial charge in [-0.05, 0) is 97.3 Å². The van der Waals surface area contributed by atoms with Gasteiger partial charge in [-0.25, -0.2) is 0 Å². The van der Waals surface area contributed by atoms with E-state index in [-0.39, 0.29) is 5.41 Å². The van der Waals surface area contributed by atoms with Gasteiger partial charge >= 0.3 is 6.18 Å². The number of hydrogen-bond acceptors (Lipinski definition) is 6. The van der Waals surface area contributed by atoms with Crippen LogP contribution in [0.15, 0.2) is 41.8 Å². The van der Waals surface area contributed by atoms with E-state index in [1.807, 2.05) is 30.1 Å². The predicted molar refractivity (Wildman–Crippen MR) is 146 cm³/mol. The van der Waals surface area contributed by atoms with Gasteiger partial charge in [-0.2, -0.15) is 13.2 Å². The molecule has 3 aliphatic rings. The van der Waals surface area contributed by atoms with E-state index in [1.54, 1.807) is 6.33 Å². The summed E-state index contributed by atoms with van der Waals surface area (Å²) in [5.41, 5.74) is 2.42. The minimum absolute atomic E-state index is 0.242. The molecule has 3 aromatic rings. The summed E-state index contributed by atoms with van der Waals surface area (Å²) in [6, 6.07) is 5.51. The maximum absolute atomic E-state index is 14.2. The highest BCUT2D eigenvalue weighted by Crippen LogP contribution is 2.52. The van der Waals surface area contributed by atoms with E-state index in [0.717, 1.165) is 55.0 Å². The molecule has 6 rings (SSSR count). The second kappa shape index (κ2) is 10.1. The lowest BCUT2D eigenvalue weighted by Gasteiger charge is -2.46. The maximum Gasteiger partial charge on any atom is 0.416 e. The number of alkyl halides is 3. The highest BCUT2D eigenvalue weighted by atomic mass is 32.2. The van der Waals surface area contributed by atoms with Crippen molar-refractivity contribution in [3.8, 4) is 0 Å². The molecule has 0 bridgehead atoms. The molecule has 10 heteroatoms. The van der Waals surface area contributed by atoms with Crippen LogP contribution in [-0.4, -0.2) is 44.3 Å². The zero-order chi connectivity index (χ0) is 27.4. The molecule has 0 spiro atoms. The Labute approximate surface area is 232 Å². The highest BCUT2D eigenvalue weighted by molar-refractivity contribution is 8.00. The summed E-state index contributed by atoms with van der Waals surface area (Å²) in [6.07, 6.45) is 5.64. The predicted octanol–water partition coefficient (Wildman–Crippen LogP) is 6.25. The molecule has 2 aliphatic heterocycles. The average Bonchev–Trinajstić information content (AvgIpc) is 3.31. The van der Waals surface area contributed by atoms with Crippen molar-refractivity contribution in [3.63, 3.8) is 0 Å². The molecule has 2 fully saturated rings. The van der Waals surface area contributed by atoms with Gasteiger partial charge in [-0.1, -0.05) is 13.8 Å². The molecular formula is C29H35F3N6S. The zero-order valence-electron chi connectivity index (χ0n) is 22.7. The van der Waals surface area contributed by atoms with Crippen LogP contribution in [0, 0.1) is 11.8 Å². The molecule has 1 saturated heterocycles. The van der Waals surface area contributed by atoms with Gasteiger partial charge in [0.05, 0.1) is 22.9 Å². The van der Waals surface area contributed by atoms with Crippen LogP contribution in [0.4, 0.5) is 18.9 Å². The lowest BCUT2D eigenvalue weighted by atomic mass is 9.59. The van der Waals surface area contributed by atoms with Crippen LogP contribution in [0.5, 0.6) is 0 Å². The Balaban J connectivity index is 1.30. The number of fused-ring (bicyclic) bond motifs is 1. The first-order valence-corrected chi connectivity index (χ1v) is 14.6. The largest absolute Gasteiger partial charge is 0.416 e. The highest BCUT2D eigenvalue weighted by Gasteiger charge is 2.48. The minimum atomic E-state index is -4.37. The Morgan fingerprint density at radius 3 is 2.59 bits per heavy atom. The lowest BCUT2D eigenvalue weighted by Crippen LogP contribution is -2.43. The van der Waals surface area contributed by atoms with E-state index in [9.17, 15) is 13.2 Å². The molecule has 1 aliphatic carbocycles. The van der Waals surface area contributed by atoms with Crippen LogP contribution in [0.25, 0.3) is 0 Å². The molecule has 1 saturated carbocycles. The van der Waals surface area contributed by atoms with E-state index in [0.29, 0.717) is 41.8 Å². The second-order valence-electron chi connectivity index (χ2n) is 11.8. The van der Waals surface area contributed by atoms with Crippen molar-refractivity contribution in [2.45, 2.75) is 69.0 Å². The number of halogens is 3. The van der Waals surface area contributed by atoms with E-state index >= 15 is 0 Å². The first kappa shape index (κ1) is 26.6. The molecule has 0 unspecified atom stereocenters. The fourth-order valence-electron chi connectivity index (χ4n) is 6.85. The number of aryl methyl sites for hydroxylation is 1. The van der Waals surface area contributed by atoms with E-state index in [4.69, 9.17) is 0 Å². The molecule has 208 valence electrons. The molecular weight excluding hydrogens is 521 g/mol. The number of anilines is 1. The van der Waals surface area contributed by atoms with Crippen LogP contribution in [-0.2, 0) is 31.6 Å². The maximum atomic E-state index is 14.2. The van der Waals surface area contributed by atoms with Crippen molar-refractivity contribution in [2.75, 3.05) is 23.9 Å². The van der Waals surface area contributed by atoms with Crippen LogP contribution in [0.2, 0.25) is 0 Å².